The maximum atomic E-state index is 12.3. The molecule has 1 aromatic rings. The van der Waals surface area contributed by atoms with Crippen LogP contribution in [-0.2, 0) is 10.0 Å². The Morgan fingerprint density at radius 3 is 2.52 bits per heavy atom. The first-order valence-electron chi connectivity index (χ1n) is 7.04. The Morgan fingerprint density at radius 2 is 1.95 bits per heavy atom. The largest absolute Gasteiger partial charge is 0.398 e. The number of nitrogen functional groups attached to an aromatic ring is 1. The van der Waals surface area contributed by atoms with E-state index in [0.29, 0.717) is 10.2 Å². The van der Waals surface area contributed by atoms with E-state index in [1.165, 1.54) is 12.1 Å². The molecule has 1 aliphatic carbocycles. The molecular formula is C14H21BrN2O3S. The van der Waals surface area contributed by atoms with Gasteiger partial charge in [0.1, 0.15) is 0 Å². The molecule has 0 aliphatic heterocycles. The molecule has 0 amide bonds. The number of anilines is 1. The first-order chi connectivity index (χ1) is 9.88. The number of aliphatic hydroxyl groups is 1. The van der Waals surface area contributed by atoms with Crippen molar-refractivity contribution in [1.82, 2.24) is 4.72 Å². The van der Waals surface area contributed by atoms with Gasteiger partial charge in [0.15, 0.2) is 0 Å². The van der Waals surface area contributed by atoms with Crippen LogP contribution in [0.3, 0.4) is 0 Å². The van der Waals surface area contributed by atoms with Gasteiger partial charge in [-0.25, -0.2) is 13.1 Å². The van der Waals surface area contributed by atoms with Gasteiger partial charge in [0, 0.05) is 28.7 Å². The van der Waals surface area contributed by atoms with E-state index in [0.717, 1.165) is 32.1 Å². The average Bonchev–Trinajstić information content (AvgIpc) is 2.49. The number of aliphatic hydroxyl groups excluding tert-OH is 1. The molecule has 118 valence electrons. The molecule has 21 heavy (non-hydrogen) atoms. The van der Waals surface area contributed by atoms with Gasteiger partial charge in [0.05, 0.1) is 4.90 Å². The van der Waals surface area contributed by atoms with Gasteiger partial charge in [0.25, 0.3) is 0 Å². The minimum atomic E-state index is -3.61. The van der Waals surface area contributed by atoms with Crippen LogP contribution >= 0.6 is 15.9 Å². The van der Waals surface area contributed by atoms with Crippen molar-refractivity contribution in [1.29, 1.82) is 0 Å². The predicted molar refractivity (Wildman–Crippen MR) is 86.3 cm³/mol. The van der Waals surface area contributed by atoms with E-state index in [1.54, 1.807) is 6.07 Å². The first kappa shape index (κ1) is 16.7. The zero-order valence-electron chi connectivity index (χ0n) is 11.8. The summed E-state index contributed by atoms with van der Waals surface area (Å²) in [6.45, 7) is 0.278. The van der Waals surface area contributed by atoms with E-state index >= 15 is 0 Å². The Kier molecular flexibility index (Phi) is 5.29. The highest BCUT2D eigenvalue weighted by molar-refractivity contribution is 9.10. The van der Waals surface area contributed by atoms with Crippen molar-refractivity contribution < 1.29 is 13.5 Å². The molecule has 0 spiro atoms. The van der Waals surface area contributed by atoms with E-state index in [9.17, 15) is 13.5 Å². The maximum Gasteiger partial charge on any atom is 0.240 e. The van der Waals surface area contributed by atoms with Crippen molar-refractivity contribution in [2.24, 2.45) is 5.41 Å². The smallest absolute Gasteiger partial charge is 0.240 e. The second-order valence-corrected chi connectivity index (χ2v) is 8.35. The summed E-state index contributed by atoms with van der Waals surface area (Å²) in [5.74, 6) is 0. The fraction of sp³-hybridized carbons (Fsp3) is 0.571. The van der Waals surface area contributed by atoms with Crippen LogP contribution in [0, 0.1) is 5.41 Å². The van der Waals surface area contributed by atoms with Gasteiger partial charge in [-0.2, -0.15) is 0 Å². The maximum absolute atomic E-state index is 12.3. The van der Waals surface area contributed by atoms with Crippen molar-refractivity contribution in [3.63, 3.8) is 0 Å². The molecule has 1 fully saturated rings. The van der Waals surface area contributed by atoms with Crippen molar-refractivity contribution >= 4 is 31.6 Å². The second-order valence-electron chi connectivity index (χ2n) is 5.73. The minimum Gasteiger partial charge on any atom is -0.398 e. The highest BCUT2D eigenvalue weighted by Gasteiger charge is 2.32. The van der Waals surface area contributed by atoms with E-state index in [1.807, 2.05) is 0 Å². The Bertz CT molecular complexity index is 598. The zero-order chi connectivity index (χ0) is 15.5. The summed E-state index contributed by atoms with van der Waals surface area (Å²) >= 11 is 3.24. The lowest BCUT2D eigenvalue weighted by molar-refractivity contribution is 0.0867. The van der Waals surface area contributed by atoms with Gasteiger partial charge in [0.2, 0.25) is 10.0 Å². The zero-order valence-corrected chi connectivity index (χ0v) is 14.2. The molecule has 0 saturated heterocycles. The van der Waals surface area contributed by atoms with Crippen LogP contribution < -0.4 is 10.5 Å². The van der Waals surface area contributed by atoms with Gasteiger partial charge in [-0.1, -0.05) is 19.3 Å². The van der Waals surface area contributed by atoms with Crippen LogP contribution in [-0.4, -0.2) is 26.7 Å². The molecule has 0 aromatic heterocycles. The van der Waals surface area contributed by atoms with Crippen LogP contribution in [0.15, 0.2) is 27.6 Å². The third-order valence-corrected chi connectivity index (χ3v) is 6.29. The second kappa shape index (κ2) is 6.64. The summed E-state index contributed by atoms with van der Waals surface area (Å²) in [5, 5.41) is 9.63. The SMILES string of the molecule is Nc1cc(S(=O)(=O)NCC2(CO)CCCCC2)ccc1Br. The number of hydrogen-bond donors (Lipinski definition) is 3. The quantitative estimate of drug-likeness (QED) is 0.687. The number of rotatable bonds is 5. The molecule has 0 bridgehead atoms. The Labute approximate surface area is 134 Å². The van der Waals surface area contributed by atoms with Crippen molar-refractivity contribution in [3.8, 4) is 0 Å². The topological polar surface area (TPSA) is 92.4 Å². The highest BCUT2D eigenvalue weighted by atomic mass is 79.9. The fourth-order valence-electron chi connectivity index (χ4n) is 2.71. The normalized spacial score (nSPS) is 18.6. The summed E-state index contributed by atoms with van der Waals surface area (Å²) in [4.78, 5) is 0.145. The van der Waals surface area contributed by atoms with Crippen molar-refractivity contribution in [3.05, 3.63) is 22.7 Å². The first-order valence-corrected chi connectivity index (χ1v) is 9.32. The van der Waals surface area contributed by atoms with Crippen molar-refractivity contribution in [2.45, 2.75) is 37.0 Å². The average molecular weight is 377 g/mol. The van der Waals surface area contributed by atoms with Crippen LogP contribution in [0.25, 0.3) is 0 Å². The monoisotopic (exact) mass is 376 g/mol. The van der Waals surface area contributed by atoms with Gasteiger partial charge in [-0.15, -0.1) is 0 Å². The molecule has 0 unspecified atom stereocenters. The predicted octanol–water partition coefficient (Wildman–Crippen LogP) is 2.25. The van der Waals surface area contributed by atoms with Crippen LogP contribution in [0.1, 0.15) is 32.1 Å². The van der Waals surface area contributed by atoms with Crippen molar-refractivity contribution in [2.75, 3.05) is 18.9 Å². The summed E-state index contributed by atoms with van der Waals surface area (Å²) in [5.41, 5.74) is 5.78. The summed E-state index contributed by atoms with van der Waals surface area (Å²) in [7, 11) is -3.61. The van der Waals surface area contributed by atoms with E-state index < -0.39 is 10.0 Å². The molecule has 0 heterocycles. The highest BCUT2D eigenvalue weighted by Crippen LogP contribution is 2.35. The third kappa shape index (κ3) is 3.97. The lowest BCUT2D eigenvalue weighted by atomic mass is 9.75. The van der Waals surface area contributed by atoms with E-state index in [4.69, 9.17) is 5.73 Å². The Balaban J connectivity index is 2.11. The van der Waals surface area contributed by atoms with Crippen LogP contribution in [0.4, 0.5) is 5.69 Å². The number of sulfonamides is 1. The van der Waals surface area contributed by atoms with Crippen LogP contribution in [0.5, 0.6) is 0 Å². The number of nitrogens with one attached hydrogen (secondary N) is 1. The van der Waals surface area contributed by atoms with Gasteiger partial charge in [-0.05, 0) is 47.0 Å². The van der Waals surface area contributed by atoms with Gasteiger partial charge >= 0.3 is 0 Å². The van der Waals surface area contributed by atoms with Crippen LogP contribution in [0.2, 0.25) is 0 Å². The Hall–Kier alpha value is -0.630. The van der Waals surface area contributed by atoms with E-state index in [-0.39, 0.29) is 23.5 Å². The number of halogens is 1. The molecule has 7 heteroatoms. The molecule has 0 atom stereocenters. The summed E-state index contributed by atoms with van der Waals surface area (Å²) in [6.07, 6.45) is 4.93. The van der Waals surface area contributed by atoms with E-state index in [2.05, 4.69) is 20.7 Å². The molecule has 0 radical (unpaired) electrons. The Morgan fingerprint density at radius 1 is 1.29 bits per heavy atom. The van der Waals surface area contributed by atoms with Gasteiger partial charge in [-0.3, -0.25) is 0 Å². The summed E-state index contributed by atoms with van der Waals surface area (Å²) < 4.78 is 28.0. The molecule has 1 aromatic carbocycles. The molecule has 1 saturated carbocycles. The number of benzene rings is 1. The van der Waals surface area contributed by atoms with Gasteiger partial charge < -0.3 is 10.8 Å². The molecule has 1 aliphatic rings. The minimum absolute atomic E-state index is 0.0119. The molecule has 5 nitrogen and oxygen atoms in total. The lowest BCUT2D eigenvalue weighted by Crippen LogP contribution is -2.41. The number of nitrogens with two attached hydrogens (primary N) is 1. The molecule has 4 N–H and O–H groups in total. The third-order valence-electron chi connectivity index (χ3n) is 4.16. The summed E-state index contributed by atoms with van der Waals surface area (Å²) in [6, 6.07) is 4.56. The standard InChI is InChI=1S/C14H21BrN2O3S/c15-12-5-4-11(8-13(12)16)21(19,20)17-9-14(10-18)6-2-1-3-7-14/h4-5,8,17-18H,1-3,6-7,9-10,16H2. The molecule has 2 rings (SSSR count). The molecular weight excluding hydrogens is 356 g/mol. The number of hydrogen-bond acceptors (Lipinski definition) is 4. The fourth-order valence-corrected chi connectivity index (χ4v) is 4.15. The lowest BCUT2D eigenvalue weighted by Gasteiger charge is -2.35.